The van der Waals surface area contributed by atoms with Crippen molar-refractivity contribution in [2.45, 2.75) is 0 Å². The van der Waals surface area contributed by atoms with Crippen molar-refractivity contribution in [1.82, 2.24) is 0 Å². The molecule has 0 saturated heterocycles. The van der Waals surface area contributed by atoms with E-state index >= 15 is 0 Å². The molecule has 1 heterocycles. The fraction of sp³-hybridized carbons (Fsp3) is 0.115. The molecule has 4 rings (SSSR count). The van der Waals surface area contributed by atoms with Crippen LogP contribution >= 0.6 is 0 Å². The predicted molar refractivity (Wildman–Crippen MR) is 118 cm³/mol. The van der Waals surface area contributed by atoms with Gasteiger partial charge >= 0.3 is 0 Å². The highest BCUT2D eigenvalue weighted by atomic mass is 15.1. The number of rotatable bonds is 4. The SMILES string of the molecule is CN(C)c1ccc(-c2cc(-c3ccccc3)[n+](C)c(-c3ccccc3)c2)cc1. The second-order valence-corrected chi connectivity index (χ2v) is 7.25. The Bertz CT molecular complexity index is 1010. The van der Waals surface area contributed by atoms with E-state index in [4.69, 9.17) is 0 Å². The van der Waals surface area contributed by atoms with Crippen LogP contribution in [0.2, 0.25) is 0 Å². The molecule has 0 aliphatic carbocycles. The summed E-state index contributed by atoms with van der Waals surface area (Å²) in [5.74, 6) is 0. The quantitative estimate of drug-likeness (QED) is 0.428. The fourth-order valence-electron chi connectivity index (χ4n) is 3.55. The molecule has 0 aliphatic heterocycles. The second kappa shape index (κ2) is 7.69. The third kappa shape index (κ3) is 3.54. The van der Waals surface area contributed by atoms with Gasteiger partial charge in [-0.1, -0.05) is 48.5 Å². The van der Waals surface area contributed by atoms with Crippen molar-refractivity contribution in [2.24, 2.45) is 7.05 Å². The third-order valence-corrected chi connectivity index (χ3v) is 5.16. The minimum absolute atomic E-state index is 1.20. The minimum atomic E-state index is 1.20. The van der Waals surface area contributed by atoms with Crippen molar-refractivity contribution in [1.29, 1.82) is 0 Å². The Morgan fingerprint density at radius 2 is 1.00 bits per heavy atom. The molecule has 0 amide bonds. The fourth-order valence-corrected chi connectivity index (χ4v) is 3.55. The molecule has 2 heteroatoms. The van der Waals surface area contributed by atoms with Gasteiger partial charge in [0, 0.05) is 43.0 Å². The molecule has 0 atom stereocenters. The van der Waals surface area contributed by atoms with Gasteiger partial charge in [-0.2, -0.15) is 4.57 Å². The number of hydrogen-bond acceptors (Lipinski definition) is 1. The summed E-state index contributed by atoms with van der Waals surface area (Å²) < 4.78 is 2.28. The van der Waals surface area contributed by atoms with E-state index in [-0.39, 0.29) is 0 Å². The van der Waals surface area contributed by atoms with E-state index in [0.29, 0.717) is 0 Å². The van der Waals surface area contributed by atoms with E-state index in [2.05, 4.69) is 128 Å². The van der Waals surface area contributed by atoms with Crippen LogP contribution < -0.4 is 9.47 Å². The topological polar surface area (TPSA) is 7.12 Å². The normalized spacial score (nSPS) is 10.7. The van der Waals surface area contributed by atoms with E-state index < -0.39 is 0 Å². The molecule has 0 saturated carbocycles. The van der Waals surface area contributed by atoms with E-state index in [9.17, 15) is 0 Å². The zero-order valence-electron chi connectivity index (χ0n) is 16.6. The number of benzene rings is 3. The maximum Gasteiger partial charge on any atom is 0.213 e. The molecule has 1 aromatic heterocycles. The molecule has 2 nitrogen and oxygen atoms in total. The first-order valence-electron chi connectivity index (χ1n) is 9.56. The molecule has 0 N–H and O–H groups in total. The molecule has 0 fully saturated rings. The number of aromatic nitrogens is 1. The van der Waals surface area contributed by atoms with Crippen molar-refractivity contribution >= 4 is 5.69 Å². The van der Waals surface area contributed by atoms with Crippen LogP contribution in [0.25, 0.3) is 33.6 Å². The van der Waals surface area contributed by atoms with E-state index in [1.165, 1.54) is 39.3 Å². The molecule has 0 radical (unpaired) electrons. The number of pyridine rings is 1. The summed E-state index contributed by atoms with van der Waals surface area (Å²) in [7, 11) is 6.28. The molecule has 3 aromatic carbocycles. The smallest absolute Gasteiger partial charge is 0.213 e. The van der Waals surface area contributed by atoms with Gasteiger partial charge in [0.15, 0.2) is 0 Å². The number of anilines is 1. The van der Waals surface area contributed by atoms with Gasteiger partial charge in [-0.15, -0.1) is 0 Å². The average Bonchev–Trinajstić information content (AvgIpc) is 2.75. The Morgan fingerprint density at radius 1 is 0.536 bits per heavy atom. The average molecular weight is 366 g/mol. The lowest BCUT2D eigenvalue weighted by molar-refractivity contribution is -0.649. The molecule has 138 valence electrons. The van der Waals surface area contributed by atoms with Crippen LogP contribution in [0.15, 0.2) is 97.1 Å². The van der Waals surface area contributed by atoms with E-state index in [1.807, 2.05) is 0 Å². The Hall–Kier alpha value is -3.39. The molecule has 0 unspecified atom stereocenters. The Morgan fingerprint density at radius 3 is 1.43 bits per heavy atom. The van der Waals surface area contributed by atoms with Crippen molar-refractivity contribution in [3.05, 3.63) is 97.1 Å². The third-order valence-electron chi connectivity index (χ3n) is 5.16. The summed E-state index contributed by atoms with van der Waals surface area (Å²) in [5, 5.41) is 0. The van der Waals surface area contributed by atoms with Crippen LogP contribution in [0.3, 0.4) is 0 Å². The van der Waals surface area contributed by atoms with Crippen molar-refractivity contribution in [3.8, 4) is 33.6 Å². The lowest BCUT2D eigenvalue weighted by Crippen LogP contribution is -2.34. The first kappa shape index (κ1) is 18.0. The summed E-state index contributed by atoms with van der Waals surface area (Å²) in [6.45, 7) is 0. The summed E-state index contributed by atoms with van der Waals surface area (Å²) in [6, 6.07) is 34.5. The first-order valence-corrected chi connectivity index (χ1v) is 9.56. The van der Waals surface area contributed by atoms with Gasteiger partial charge in [0.1, 0.15) is 7.05 Å². The van der Waals surface area contributed by atoms with Crippen LogP contribution in [0.4, 0.5) is 5.69 Å². The standard InChI is InChI=1S/C26H25N2/c1-27(2)24-16-14-20(15-17-24)23-18-25(21-10-6-4-7-11-21)28(3)26(19-23)22-12-8-5-9-13-22/h4-19H,1-3H3/q+1. The zero-order valence-corrected chi connectivity index (χ0v) is 16.6. The Balaban J connectivity index is 1.91. The summed E-state index contributed by atoms with van der Waals surface area (Å²) in [6.07, 6.45) is 0. The highest BCUT2D eigenvalue weighted by Gasteiger charge is 2.19. The van der Waals surface area contributed by atoms with Gasteiger partial charge < -0.3 is 4.90 Å². The predicted octanol–water partition coefficient (Wildman–Crippen LogP) is 5.58. The number of hydrogen-bond donors (Lipinski definition) is 0. The van der Waals surface area contributed by atoms with Gasteiger partial charge in [0.05, 0.1) is 0 Å². The molecule has 0 spiro atoms. The lowest BCUT2D eigenvalue weighted by Gasteiger charge is -2.13. The van der Waals surface area contributed by atoms with Crippen LogP contribution in [-0.2, 0) is 7.05 Å². The highest BCUT2D eigenvalue weighted by molar-refractivity contribution is 5.74. The van der Waals surface area contributed by atoms with Crippen LogP contribution in [-0.4, -0.2) is 14.1 Å². The molecule has 4 aromatic rings. The zero-order chi connectivity index (χ0) is 19.5. The van der Waals surface area contributed by atoms with Gasteiger partial charge in [-0.05, 0) is 47.5 Å². The molecule has 0 aliphatic rings. The maximum absolute atomic E-state index is 2.28. The summed E-state index contributed by atoms with van der Waals surface area (Å²) in [5.41, 5.74) is 8.49. The minimum Gasteiger partial charge on any atom is -0.378 e. The van der Waals surface area contributed by atoms with Crippen molar-refractivity contribution < 1.29 is 4.57 Å². The maximum atomic E-state index is 2.28. The molecular weight excluding hydrogens is 340 g/mol. The monoisotopic (exact) mass is 365 g/mol. The van der Waals surface area contributed by atoms with Gasteiger partial charge in [-0.25, -0.2) is 0 Å². The van der Waals surface area contributed by atoms with E-state index in [0.717, 1.165) is 0 Å². The molecule has 28 heavy (non-hydrogen) atoms. The largest absolute Gasteiger partial charge is 0.378 e. The van der Waals surface area contributed by atoms with Crippen LogP contribution in [0, 0.1) is 0 Å². The lowest BCUT2D eigenvalue weighted by atomic mass is 9.99. The number of nitrogens with zero attached hydrogens (tertiary/aromatic N) is 2. The second-order valence-electron chi connectivity index (χ2n) is 7.25. The highest BCUT2D eigenvalue weighted by Crippen LogP contribution is 2.29. The Kier molecular flexibility index (Phi) is 4.94. The van der Waals surface area contributed by atoms with E-state index in [1.54, 1.807) is 0 Å². The first-order chi connectivity index (χ1) is 13.6. The molecule has 0 bridgehead atoms. The summed E-state index contributed by atoms with van der Waals surface area (Å²) in [4.78, 5) is 2.12. The van der Waals surface area contributed by atoms with Crippen molar-refractivity contribution in [3.63, 3.8) is 0 Å². The van der Waals surface area contributed by atoms with Crippen LogP contribution in [0.1, 0.15) is 0 Å². The van der Waals surface area contributed by atoms with Crippen molar-refractivity contribution in [2.75, 3.05) is 19.0 Å². The molecular formula is C26H25N2+. The summed E-state index contributed by atoms with van der Waals surface area (Å²) >= 11 is 0. The van der Waals surface area contributed by atoms with Crippen LogP contribution in [0.5, 0.6) is 0 Å². The van der Waals surface area contributed by atoms with Gasteiger partial charge in [-0.3, -0.25) is 0 Å². The Labute approximate surface area is 167 Å². The van der Waals surface area contributed by atoms with Gasteiger partial charge in [0.2, 0.25) is 11.4 Å². The van der Waals surface area contributed by atoms with Gasteiger partial charge in [0.25, 0.3) is 0 Å².